The van der Waals surface area contributed by atoms with Crippen molar-refractivity contribution < 1.29 is 0 Å². The number of nitrogens with zero attached hydrogens (tertiary/aromatic N) is 1. The van der Waals surface area contributed by atoms with Crippen LogP contribution in [-0.4, -0.2) is 0 Å². The molecule has 8 aromatic carbocycles. The van der Waals surface area contributed by atoms with Gasteiger partial charge in [0.15, 0.2) is 0 Å². The Balaban J connectivity index is 1.06. The molecule has 0 aliphatic rings. The largest absolute Gasteiger partial charge is 0.310 e. The van der Waals surface area contributed by atoms with E-state index in [0.29, 0.717) is 0 Å². The topological polar surface area (TPSA) is 3.24 Å². The number of benzene rings is 8. The predicted molar refractivity (Wildman–Crippen MR) is 215 cm³/mol. The van der Waals surface area contributed by atoms with E-state index in [2.05, 4.69) is 181 Å². The van der Waals surface area contributed by atoms with E-state index in [1.165, 1.54) is 73.4 Å². The zero-order valence-electron chi connectivity index (χ0n) is 26.5. The normalized spacial score (nSPS) is 11.7. The van der Waals surface area contributed by atoms with Crippen molar-refractivity contribution in [2.24, 2.45) is 0 Å². The Hall–Kier alpha value is -5.74. The molecule has 0 radical (unpaired) electrons. The van der Waals surface area contributed by atoms with Crippen LogP contribution in [0.5, 0.6) is 0 Å². The Labute approximate surface area is 292 Å². The second-order valence-electron chi connectivity index (χ2n) is 12.6. The lowest BCUT2D eigenvalue weighted by Gasteiger charge is -2.26. The summed E-state index contributed by atoms with van der Waals surface area (Å²) < 4.78 is 5.28. The number of thiophene rings is 2. The minimum absolute atomic E-state index is 1.13. The van der Waals surface area contributed by atoms with Crippen LogP contribution in [0.15, 0.2) is 176 Å². The minimum atomic E-state index is 1.13. The van der Waals surface area contributed by atoms with Crippen LogP contribution in [0.25, 0.3) is 73.4 Å². The third kappa shape index (κ3) is 4.90. The molecule has 0 atom stereocenters. The minimum Gasteiger partial charge on any atom is -0.310 e. The highest BCUT2D eigenvalue weighted by Gasteiger charge is 2.16. The predicted octanol–water partition coefficient (Wildman–Crippen LogP) is 14.4. The number of anilines is 3. The molecule has 10 rings (SSSR count). The van der Waals surface area contributed by atoms with Gasteiger partial charge in [0.25, 0.3) is 0 Å². The number of hydrogen-bond donors (Lipinski definition) is 0. The van der Waals surface area contributed by atoms with Crippen LogP contribution >= 0.6 is 22.7 Å². The van der Waals surface area contributed by atoms with Gasteiger partial charge in [0.1, 0.15) is 0 Å². The molecule has 0 saturated heterocycles. The Morgan fingerprint density at radius 2 is 0.796 bits per heavy atom. The molecule has 0 N–H and O–H groups in total. The molecule has 0 unspecified atom stereocenters. The van der Waals surface area contributed by atoms with E-state index >= 15 is 0 Å². The second-order valence-corrected chi connectivity index (χ2v) is 14.7. The first-order valence-electron chi connectivity index (χ1n) is 16.6. The summed E-state index contributed by atoms with van der Waals surface area (Å²) in [5.41, 5.74) is 8.29. The molecule has 2 heterocycles. The van der Waals surface area contributed by atoms with Crippen molar-refractivity contribution >= 4 is 90.9 Å². The van der Waals surface area contributed by atoms with Crippen molar-refractivity contribution in [3.05, 3.63) is 176 Å². The maximum Gasteiger partial charge on any atom is 0.0476 e. The summed E-state index contributed by atoms with van der Waals surface area (Å²) in [4.78, 5) is 2.38. The van der Waals surface area contributed by atoms with Gasteiger partial charge in [-0.1, -0.05) is 109 Å². The van der Waals surface area contributed by atoms with Crippen LogP contribution in [0, 0.1) is 0 Å². The van der Waals surface area contributed by atoms with Crippen molar-refractivity contribution in [3.8, 4) is 22.3 Å². The summed E-state index contributed by atoms with van der Waals surface area (Å²) >= 11 is 3.74. The standard InChI is InChI=1S/C46H29NS2/c1-2-8-30(9-3-1)31-14-19-36(20-15-31)47(38-23-24-40-39-12-6-7-13-43(39)48-46(40)29-38)37-21-16-32(17-22-37)35-18-25-44-41(27-35)42-26-33-10-4-5-11-34(33)28-45(42)49-44/h1-29H. The number of fused-ring (bicyclic) bond motifs is 7. The fourth-order valence-corrected chi connectivity index (χ4v) is 9.43. The lowest BCUT2D eigenvalue weighted by atomic mass is 10.0. The summed E-state index contributed by atoms with van der Waals surface area (Å²) in [7, 11) is 0. The smallest absolute Gasteiger partial charge is 0.0476 e. The molecule has 49 heavy (non-hydrogen) atoms. The molecule has 0 spiro atoms. The van der Waals surface area contributed by atoms with Gasteiger partial charge >= 0.3 is 0 Å². The number of rotatable bonds is 5. The molecule has 0 saturated carbocycles. The SMILES string of the molecule is c1ccc(-c2ccc(N(c3ccc(-c4ccc5sc6cc7ccccc7cc6c5c4)cc3)c3ccc4c(c3)sc3ccccc34)cc2)cc1. The van der Waals surface area contributed by atoms with Crippen molar-refractivity contribution in [2.45, 2.75) is 0 Å². The first kappa shape index (κ1) is 28.3. The fourth-order valence-electron chi connectivity index (χ4n) is 7.18. The third-order valence-corrected chi connectivity index (χ3v) is 11.9. The van der Waals surface area contributed by atoms with Crippen molar-refractivity contribution in [1.82, 2.24) is 0 Å². The molecule has 0 fully saturated rings. The monoisotopic (exact) mass is 659 g/mol. The van der Waals surface area contributed by atoms with E-state index in [9.17, 15) is 0 Å². The molecule has 10 aromatic rings. The molecule has 1 nitrogen and oxygen atoms in total. The Morgan fingerprint density at radius 3 is 1.55 bits per heavy atom. The molecular weight excluding hydrogens is 631 g/mol. The van der Waals surface area contributed by atoms with Crippen LogP contribution in [0.1, 0.15) is 0 Å². The van der Waals surface area contributed by atoms with Gasteiger partial charge in [-0.05, 0) is 99.8 Å². The zero-order valence-corrected chi connectivity index (χ0v) is 28.1. The van der Waals surface area contributed by atoms with E-state index in [1.807, 2.05) is 22.7 Å². The van der Waals surface area contributed by atoms with Crippen molar-refractivity contribution in [2.75, 3.05) is 4.90 Å². The average molecular weight is 660 g/mol. The van der Waals surface area contributed by atoms with Crippen molar-refractivity contribution in [1.29, 1.82) is 0 Å². The van der Waals surface area contributed by atoms with E-state index in [0.717, 1.165) is 17.1 Å². The second kappa shape index (κ2) is 11.5. The maximum atomic E-state index is 2.38. The van der Waals surface area contributed by atoms with Gasteiger partial charge in [0.05, 0.1) is 0 Å². The molecule has 0 aliphatic carbocycles. The highest BCUT2D eigenvalue weighted by atomic mass is 32.1. The Morgan fingerprint density at radius 1 is 0.286 bits per heavy atom. The molecule has 3 heteroatoms. The van der Waals surface area contributed by atoms with Crippen molar-refractivity contribution in [3.63, 3.8) is 0 Å². The first-order chi connectivity index (χ1) is 24.2. The van der Waals surface area contributed by atoms with Gasteiger partial charge in [0.2, 0.25) is 0 Å². The van der Waals surface area contributed by atoms with Crippen LogP contribution in [0.4, 0.5) is 17.1 Å². The fraction of sp³-hybridized carbons (Fsp3) is 0. The molecule has 0 aliphatic heterocycles. The van der Waals surface area contributed by atoms with Gasteiger partial charge < -0.3 is 4.90 Å². The van der Waals surface area contributed by atoms with Crippen LogP contribution < -0.4 is 4.90 Å². The van der Waals surface area contributed by atoms with Gasteiger partial charge in [0, 0.05) is 57.4 Å². The molecule has 230 valence electrons. The lowest BCUT2D eigenvalue weighted by Crippen LogP contribution is -2.09. The molecule has 0 amide bonds. The summed E-state index contributed by atoms with van der Waals surface area (Å²) in [6.45, 7) is 0. The highest BCUT2D eigenvalue weighted by Crippen LogP contribution is 2.42. The van der Waals surface area contributed by atoms with Gasteiger partial charge in [-0.3, -0.25) is 0 Å². The summed E-state index contributed by atoms with van der Waals surface area (Å²) in [6.07, 6.45) is 0. The van der Waals surface area contributed by atoms with Gasteiger partial charge in [-0.15, -0.1) is 22.7 Å². The third-order valence-electron chi connectivity index (χ3n) is 9.65. The zero-order chi connectivity index (χ0) is 32.3. The lowest BCUT2D eigenvalue weighted by molar-refractivity contribution is 1.29. The van der Waals surface area contributed by atoms with E-state index in [-0.39, 0.29) is 0 Å². The van der Waals surface area contributed by atoms with E-state index < -0.39 is 0 Å². The summed E-state index contributed by atoms with van der Waals surface area (Å²) in [5, 5.41) is 7.87. The molecular formula is C46H29NS2. The maximum absolute atomic E-state index is 2.38. The first-order valence-corrected chi connectivity index (χ1v) is 18.2. The Kier molecular flexibility index (Phi) is 6.61. The average Bonchev–Trinajstić information content (AvgIpc) is 3.72. The van der Waals surface area contributed by atoms with E-state index in [4.69, 9.17) is 0 Å². The van der Waals surface area contributed by atoms with Crippen LogP contribution in [0.2, 0.25) is 0 Å². The highest BCUT2D eigenvalue weighted by molar-refractivity contribution is 7.26. The summed E-state index contributed by atoms with van der Waals surface area (Å²) in [5.74, 6) is 0. The molecule has 2 aromatic heterocycles. The van der Waals surface area contributed by atoms with Crippen LogP contribution in [-0.2, 0) is 0 Å². The number of hydrogen-bond acceptors (Lipinski definition) is 3. The quantitative estimate of drug-likeness (QED) is 0.178. The van der Waals surface area contributed by atoms with Gasteiger partial charge in [-0.25, -0.2) is 0 Å². The molecule has 0 bridgehead atoms. The van der Waals surface area contributed by atoms with Crippen LogP contribution in [0.3, 0.4) is 0 Å². The van der Waals surface area contributed by atoms with E-state index in [1.54, 1.807) is 0 Å². The Bertz CT molecular complexity index is 2810. The summed E-state index contributed by atoms with van der Waals surface area (Å²) in [6, 6.07) is 64.4. The van der Waals surface area contributed by atoms with Gasteiger partial charge in [-0.2, -0.15) is 0 Å².